The van der Waals surface area contributed by atoms with Gasteiger partial charge in [0.25, 0.3) is 5.91 Å². The quantitative estimate of drug-likeness (QED) is 0.424. The van der Waals surface area contributed by atoms with Crippen LogP contribution in [0.25, 0.3) is 10.8 Å². The van der Waals surface area contributed by atoms with Gasteiger partial charge in [-0.2, -0.15) is 5.10 Å². The fourth-order valence-electron chi connectivity index (χ4n) is 2.53. The third-order valence-corrected chi connectivity index (χ3v) is 4.72. The summed E-state index contributed by atoms with van der Waals surface area (Å²) in [5, 5.41) is 25.1. The number of aromatic hydroxyl groups is 2. The summed E-state index contributed by atoms with van der Waals surface area (Å²) in [7, 11) is 0. The van der Waals surface area contributed by atoms with Crippen LogP contribution in [-0.2, 0) is 4.79 Å². The van der Waals surface area contributed by atoms with Gasteiger partial charge in [0.2, 0.25) is 0 Å². The molecule has 0 aliphatic carbocycles. The fourth-order valence-corrected chi connectivity index (χ4v) is 3.14. The van der Waals surface area contributed by atoms with Gasteiger partial charge in [-0.1, -0.05) is 30.3 Å². The molecule has 138 valence electrons. The van der Waals surface area contributed by atoms with E-state index in [-0.39, 0.29) is 18.1 Å². The standard InChI is InChI=1S/C20H17BrN2O4/c1-12(15-8-7-14(24)10-17(15)25)22-23-19(26)11-27-18-9-6-13-4-2-3-5-16(13)20(18)21/h2-10,24-25H,11H2,1H3,(H,23,26). The molecule has 0 fully saturated rings. The number of fused-ring (bicyclic) bond motifs is 1. The summed E-state index contributed by atoms with van der Waals surface area (Å²) >= 11 is 3.51. The van der Waals surface area contributed by atoms with Gasteiger partial charge in [-0.25, -0.2) is 5.43 Å². The van der Waals surface area contributed by atoms with Crippen LogP contribution in [0, 0.1) is 0 Å². The Hall–Kier alpha value is -3.06. The summed E-state index contributed by atoms with van der Waals surface area (Å²) in [4.78, 5) is 12.0. The number of nitrogens with one attached hydrogen (secondary N) is 1. The van der Waals surface area contributed by atoms with Gasteiger partial charge >= 0.3 is 0 Å². The van der Waals surface area contributed by atoms with E-state index in [0.29, 0.717) is 17.0 Å². The van der Waals surface area contributed by atoms with Crippen molar-refractivity contribution in [3.8, 4) is 17.2 Å². The second-order valence-electron chi connectivity index (χ2n) is 5.82. The molecular formula is C20H17BrN2O4. The smallest absolute Gasteiger partial charge is 0.277 e. The van der Waals surface area contributed by atoms with Crippen molar-refractivity contribution in [2.75, 3.05) is 6.61 Å². The van der Waals surface area contributed by atoms with Crippen LogP contribution in [0.15, 0.2) is 64.2 Å². The lowest BCUT2D eigenvalue weighted by molar-refractivity contribution is -0.123. The SMILES string of the molecule is CC(=NNC(=O)COc1ccc2ccccc2c1Br)c1ccc(O)cc1O. The van der Waals surface area contributed by atoms with Crippen LogP contribution >= 0.6 is 15.9 Å². The Balaban J connectivity index is 1.64. The third-order valence-electron chi connectivity index (χ3n) is 3.91. The van der Waals surface area contributed by atoms with E-state index >= 15 is 0 Å². The lowest BCUT2D eigenvalue weighted by Gasteiger charge is -2.10. The molecular weight excluding hydrogens is 412 g/mol. The summed E-state index contributed by atoms with van der Waals surface area (Å²) in [6.07, 6.45) is 0. The van der Waals surface area contributed by atoms with Crippen LogP contribution < -0.4 is 10.2 Å². The van der Waals surface area contributed by atoms with Crippen molar-refractivity contribution in [1.82, 2.24) is 5.43 Å². The molecule has 3 aromatic rings. The third kappa shape index (κ3) is 4.38. The largest absolute Gasteiger partial charge is 0.508 e. The maximum Gasteiger partial charge on any atom is 0.277 e. The lowest BCUT2D eigenvalue weighted by atomic mass is 10.1. The van der Waals surface area contributed by atoms with E-state index in [1.807, 2.05) is 30.3 Å². The van der Waals surface area contributed by atoms with Crippen molar-refractivity contribution in [3.05, 3.63) is 64.6 Å². The summed E-state index contributed by atoms with van der Waals surface area (Å²) < 4.78 is 6.35. The second kappa shape index (κ2) is 8.09. The first-order valence-electron chi connectivity index (χ1n) is 8.11. The molecule has 0 aliphatic heterocycles. The molecule has 3 aromatic carbocycles. The first kappa shape index (κ1) is 18.7. The van der Waals surface area contributed by atoms with Crippen molar-refractivity contribution in [2.24, 2.45) is 5.10 Å². The first-order chi connectivity index (χ1) is 13.0. The number of rotatable bonds is 5. The van der Waals surface area contributed by atoms with Crippen molar-refractivity contribution in [3.63, 3.8) is 0 Å². The molecule has 0 unspecified atom stereocenters. The topological polar surface area (TPSA) is 91.2 Å². The number of amides is 1. The molecule has 0 saturated carbocycles. The molecule has 0 radical (unpaired) electrons. The number of hydrazone groups is 1. The summed E-state index contributed by atoms with van der Waals surface area (Å²) in [5.74, 6) is -0.0577. The zero-order chi connectivity index (χ0) is 19.4. The molecule has 0 atom stereocenters. The molecule has 3 N–H and O–H groups in total. The molecule has 6 nitrogen and oxygen atoms in total. The highest BCUT2D eigenvalue weighted by molar-refractivity contribution is 9.10. The number of ether oxygens (including phenoxy) is 1. The van der Waals surface area contributed by atoms with Crippen molar-refractivity contribution >= 4 is 38.3 Å². The van der Waals surface area contributed by atoms with Gasteiger partial charge in [0.05, 0.1) is 10.2 Å². The van der Waals surface area contributed by atoms with Crippen LogP contribution in [0.1, 0.15) is 12.5 Å². The molecule has 0 aromatic heterocycles. The van der Waals surface area contributed by atoms with E-state index in [2.05, 4.69) is 26.5 Å². The highest BCUT2D eigenvalue weighted by atomic mass is 79.9. The maximum atomic E-state index is 12.0. The van der Waals surface area contributed by atoms with Crippen molar-refractivity contribution < 1.29 is 19.7 Å². The Bertz CT molecular complexity index is 1030. The number of carbonyl (C=O) groups is 1. The molecule has 7 heteroatoms. The Labute approximate surface area is 164 Å². The zero-order valence-electron chi connectivity index (χ0n) is 14.4. The number of halogens is 1. The van der Waals surface area contributed by atoms with Crippen LogP contribution in [-0.4, -0.2) is 28.4 Å². The van der Waals surface area contributed by atoms with Crippen LogP contribution in [0.3, 0.4) is 0 Å². The average molecular weight is 429 g/mol. The zero-order valence-corrected chi connectivity index (χ0v) is 16.0. The minimum absolute atomic E-state index is 0.0533. The Morgan fingerprint density at radius 1 is 1.15 bits per heavy atom. The minimum atomic E-state index is -0.437. The van der Waals surface area contributed by atoms with E-state index < -0.39 is 5.91 Å². The van der Waals surface area contributed by atoms with Gasteiger partial charge in [0.15, 0.2) is 6.61 Å². The molecule has 1 amide bonds. The Kier molecular flexibility index (Phi) is 5.61. The molecule has 0 spiro atoms. The average Bonchev–Trinajstić information content (AvgIpc) is 2.66. The highest BCUT2D eigenvalue weighted by Gasteiger charge is 2.09. The van der Waals surface area contributed by atoms with E-state index in [1.165, 1.54) is 18.2 Å². The van der Waals surface area contributed by atoms with E-state index in [9.17, 15) is 15.0 Å². The summed E-state index contributed by atoms with van der Waals surface area (Å²) in [6.45, 7) is 1.42. The van der Waals surface area contributed by atoms with Gasteiger partial charge < -0.3 is 14.9 Å². The van der Waals surface area contributed by atoms with Gasteiger partial charge in [-0.3, -0.25) is 4.79 Å². The number of benzene rings is 3. The molecule has 0 heterocycles. The predicted molar refractivity (Wildman–Crippen MR) is 107 cm³/mol. The Morgan fingerprint density at radius 3 is 2.70 bits per heavy atom. The van der Waals surface area contributed by atoms with Crippen LogP contribution in [0.4, 0.5) is 0 Å². The van der Waals surface area contributed by atoms with Gasteiger partial charge in [0.1, 0.15) is 17.2 Å². The number of nitrogens with zero attached hydrogens (tertiary/aromatic N) is 1. The van der Waals surface area contributed by atoms with Crippen LogP contribution in [0.2, 0.25) is 0 Å². The van der Waals surface area contributed by atoms with Gasteiger partial charge in [0, 0.05) is 11.6 Å². The molecule has 0 aliphatic rings. The molecule has 27 heavy (non-hydrogen) atoms. The maximum absolute atomic E-state index is 12.0. The van der Waals surface area contributed by atoms with Gasteiger partial charge in [-0.05, 0) is 51.8 Å². The fraction of sp³-hybridized carbons (Fsp3) is 0.100. The number of phenolic OH excluding ortho intramolecular Hbond substituents is 2. The second-order valence-corrected chi connectivity index (χ2v) is 6.61. The van der Waals surface area contributed by atoms with E-state index in [0.717, 1.165) is 15.2 Å². The van der Waals surface area contributed by atoms with E-state index in [4.69, 9.17) is 4.74 Å². The Morgan fingerprint density at radius 2 is 1.93 bits per heavy atom. The molecule has 3 rings (SSSR count). The molecule has 0 saturated heterocycles. The van der Waals surface area contributed by atoms with Crippen molar-refractivity contribution in [2.45, 2.75) is 6.92 Å². The number of phenols is 2. The lowest BCUT2D eigenvalue weighted by Crippen LogP contribution is -2.25. The minimum Gasteiger partial charge on any atom is -0.508 e. The normalized spacial score (nSPS) is 11.4. The number of hydrogen-bond acceptors (Lipinski definition) is 5. The number of carbonyl (C=O) groups excluding carboxylic acids is 1. The highest BCUT2D eigenvalue weighted by Crippen LogP contribution is 2.32. The first-order valence-corrected chi connectivity index (χ1v) is 8.90. The predicted octanol–water partition coefficient (Wildman–Crippen LogP) is 3.93. The monoisotopic (exact) mass is 428 g/mol. The summed E-state index contributed by atoms with van der Waals surface area (Å²) in [5.41, 5.74) is 3.19. The molecule has 0 bridgehead atoms. The van der Waals surface area contributed by atoms with Crippen LogP contribution in [0.5, 0.6) is 17.2 Å². The number of hydrogen-bond donors (Lipinski definition) is 3. The summed E-state index contributed by atoms with van der Waals surface area (Å²) in [6, 6.07) is 15.7. The van der Waals surface area contributed by atoms with E-state index in [1.54, 1.807) is 13.0 Å². The van der Waals surface area contributed by atoms with Crippen molar-refractivity contribution in [1.29, 1.82) is 0 Å². The van der Waals surface area contributed by atoms with Gasteiger partial charge in [-0.15, -0.1) is 0 Å².